The fourth-order valence-corrected chi connectivity index (χ4v) is 1.47. The van der Waals surface area contributed by atoms with Gasteiger partial charge < -0.3 is 10.4 Å². The Labute approximate surface area is 113 Å². The molecule has 0 radical (unpaired) electrons. The van der Waals surface area contributed by atoms with Gasteiger partial charge in [-0.15, -0.1) is 0 Å². The second-order valence-corrected chi connectivity index (χ2v) is 4.30. The summed E-state index contributed by atoms with van der Waals surface area (Å²) < 4.78 is 13.6. The average Bonchev–Trinajstić information content (AvgIpc) is 2.38. The molecule has 2 N–H and O–H groups in total. The zero-order valence-electron chi connectivity index (χ0n) is 10.8. The molecule has 1 aromatic carbocycles. The predicted molar refractivity (Wildman–Crippen MR) is 67.6 cm³/mol. The number of para-hydroxylation sites is 1. The van der Waals surface area contributed by atoms with Crippen molar-refractivity contribution >= 4 is 23.3 Å². The Kier molecular flexibility index (Phi) is 4.73. The number of nitrogens with one attached hydrogen (secondary N) is 1. The number of aliphatic carboxylic acids is 1. The number of carbonyl (C=O) groups is 2. The molecule has 2 atom stereocenters. The highest BCUT2D eigenvalue weighted by molar-refractivity contribution is 5.96. The smallest absolute Gasteiger partial charge is 0.307 e. The van der Waals surface area contributed by atoms with E-state index in [2.05, 4.69) is 5.32 Å². The largest absolute Gasteiger partial charge is 0.481 e. The van der Waals surface area contributed by atoms with E-state index < -0.39 is 45.8 Å². The first-order valence-electron chi connectivity index (χ1n) is 5.72. The highest BCUT2D eigenvalue weighted by atomic mass is 19.1. The average molecular weight is 284 g/mol. The first kappa shape index (κ1) is 15.5. The van der Waals surface area contributed by atoms with Crippen molar-refractivity contribution in [2.45, 2.75) is 13.8 Å². The molecule has 0 aromatic heterocycles. The topological polar surface area (TPSA) is 110 Å². The summed E-state index contributed by atoms with van der Waals surface area (Å²) in [6.07, 6.45) is 0. The van der Waals surface area contributed by atoms with Crippen LogP contribution in [0.3, 0.4) is 0 Å². The van der Waals surface area contributed by atoms with Crippen LogP contribution < -0.4 is 5.32 Å². The van der Waals surface area contributed by atoms with E-state index in [1.54, 1.807) is 0 Å². The number of amides is 1. The molecule has 0 heterocycles. The minimum Gasteiger partial charge on any atom is -0.481 e. The van der Waals surface area contributed by atoms with Gasteiger partial charge in [-0.1, -0.05) is 19.9 Å². The van der Waals surface area contributed by atoms with Crippen molar-refractivity contribution in [3.8, 4) is 0 Å². The van der Waals surface area contributed by atoms with E-state index in [0.717, 1.165) is 18.2 Å². The van der Waals surface area contributed by atoms with E-state index in [1.807, 2.05) is 0 Å². The highest BCUT2D eigenvalue weighted by Gasteiger charge is 2.28. The maximum atomic E-state index is 13.6. The Morgan fingerprint density at radius 1 is 1.35 bits per heavy atom. The third-order valence-corrected chi connectivity index (χ3v) is 2.99. The minimum atomic E-state index is -1.18. The Balaban J connectivity index is 3.02. The highest BCUT2D eigenvalue weighted by Crippen LogP contribution is 2.28. The number of carbonyl (C=O) groups excluding carboxylic acids is 1. The Bertz CT molecular complexity index is 561. The lowest BCUT2D eigenvalue weighted by molar-refractivity contribution is -0.384. The number of hydrogen-bond acceptors (Lipinski definition) is 4. The van der Waals surface area contributed by atoms with Crippen molar-refractivity contribution < 1.29 is 24.0 Å². The minimum absolute atomic E-state index is 0.563. The number of hydrogen-bond donors (Lipinski definition) is 2. The second-order valence-electron chi connectivity index (χ2n) is 4.30. The van der Waals surface area contributed by atoms with Crippen molar-refractivity contribution in [3.63, 3.8) is 0 Å². The zero-order valence-corrected chi connectivity index (χ0v) is 10.8. The molecule has 108 valence electrons. The van der Waals surface area contributed by atoms with Crippen LogP contribution in [0.15, 0.2) is 18.2 Å². The number of carboxylic acids is 1. The van der Waals surface area contributed by atoms with E-state index in [1.165, 1.54) is 13.8 Å². The summed E-state index contributed by atoms with van der Waals surface area (Å²) in [7, 11) is 0. The van der Waals surface area contributed by atoms with Gasteiger partial charge in [0.2, 0.25) is 5.91 Å². The fourth-order valence-electron chi connectivity index (χ4n) is 1.47. The number of carboxylic acid groups (broad SMARTS) is 1. The van der Waals surface area contributed by atoms with E-state index in [4.69, 9.17) is 5.11 Å². The van der Waals surface area contributed by atoms with E-state index in [0.29, 0.717) is 0 Å². The Morgan fingerprint density at radius 3 is 2.45 bits per heavy atom. The number of anilines is 1. The maximum Gasteiger partial charge on any atom is 0.307 e. The van der Waals surface area contributed by atoms with E-state index in [-0.39, 0.29) is 0 Å². The van der Waals surface area contributed by atoms with Crippen LogP contribution in [0.4, 0.5) is 15.8 Å². The number of halogens is 1. The summed E-state index contributed by atoms with van der Waals surface area (Å²) in [6.45, 7) is 2.67. The molecule has 0 spiro atoms. The number of nitro benzene ring substituents is 1. The third-order valence-electron chi connectivity index (χ3n) is 2.99. The predicted octanol–water partition coefficient (Wildman–Crippen LogP) is 2.03. The molecular formula is C12H13FN2O5. The molecule has 0 saturated carbocycles. The van der Waals surface area contributed by atoms with Gasteiger partial charge in [0.1, 0.15) is 0 Å². The van der Waals surface area contributed by atoms with Crippen LogP contribution in [-0.4, -0.2) is 21.9 Å². The molecule has 1 amide bonds. The quantitative estimate of drug-likeness (QED) is 0.635. The lowest BCUT2D eigenvalue weighted by Gasteiger charge is -2.16. The summed E-state index contributed by atoms with van der Waals surface area (Å²) in [6, 6.07) is 3.16. The van der Waals surface area contributed by atoms with Gasteiger partial charge in [0, 0.05) is 12.0 Å². The summed E-state index contributed by atoms with van der Waals surface area (Å²) in [5.41, 5.74) is -1.15. The lowest BCUT2D eigenvalue weighted by Crippen LogP contribution is -2.30. The monoisotopic (exact) mass is 284 g/mol. The van der Waals surface area contributed by atoms with Gasteiger partial charge in [-0.3, -0.25) is 19.7 Å². The molecule has 0 aliphatic heterocycles. The molecule has 2 unspecified atom stereocenters. The maximum absolute atomic E-state index is 13.6. The molecular weight excluding hydrogens is 271 g/mol. The van der Waals surface area contributed by atoms with Crippen LogP contribution in [-0.2, 0) is 9.59 Å². The summed E-state index contributed by atoms with van der Waals surface area (Å²) >= 11 is 0. The van der Waals surface area contributed by atoms with Crippen molar-refractivity contribution in [3.05, 3.63) is 34.1 Å². The Morgan fingerprint density at radius 2 is 1.95 bits per heavy atom. The molecule has 1 aromatic rings. The standard InChI is InChI=1S/C12H13FN2O5/c1-6(7(2)12(17)18)11(16)14-10-8(13)4-3-5-9(10)15(19)20/h3-7H,1-2H3,(H,14,16)(H,17,18). The molecule has 20 heavy (non-hydrogen) atoms. The summed E-state index contributed by atoms with van der Waals surface area (Å²) in [4.78, 5) is 32.5. The van der Waals surface area contributed by atoms with Crippen molar-refractivity contribution in [2.75, 3.05) is 5.32 Å². The normalized spacial score (nSPS) is 13.3. The van der Waals surface area contributed by atoms with Crippen molar-refractivity contribution in [1.82, 2.24) is 0 Å². The van der Waals surface area contributed by atoms with Gasteiger partial charge in [-0.25, -0.2) is 4.39 Å². The van der Waals surface area contributed by atoms with Crippen LogP contribution in [0, 0.1) is 27.8 Å². The number of benzene rings is 1. The first-order chi connectivity index (χ1) is 9.25. The Hall–Kier alpha value is -2.51. The van der Waals surface area contributed by atoms with Crippen LogP contribution in [0.25, 0.3) is 0 Å². The van der Waals surface area contributed by atoms with Crippen molar-refractivity contribution in [1.29, 1.82) is 0 Å². The van der Waals surface area contributed by atoms with Crippen LogP contribution in [0.1, 0.15) is 13.8 Å². The third kappa shape index (κ3) is 3.28. The summed E-state index contributed by atoms with van der Waals surface area (Å²) in [5, 5.41) is 21.6. The fraction of sp³-hybridized carbons (Fsp3) is 0.333. The number of nitrogens with zero attached hydrogens (tertiary/aromatic N) is 1. The molecule has 0 fully saturated rings. The van der Waals surface area contributed by atoms with Crippen LogP contribution in [0.2, 0.25) is 0 Å². The second kappa shape index (κ2) is 6.09. The lowest BCUT2D eigenvalue weighted by atomic mass is 9.95. The van der Waals surface area contributed by atoms with Crippen molar-refractivity contribution in [2.24, 2.45) is 11.8 Å². The van der Waals surface area contributed by atoms with Gasteiger partial charge in [-0.2, -0.15) is 0 Å². The van der Waals surface area contributed by atoms with Crippen LogP contribution in [0.5, 0.6) is 0 Å². The molecule has 7 nitrogen and oxygen atoms in total. The van der Waals surface area contributed by atoms with E-state index >= 15 is 0 Å². The molecule has 1 rings (SSSR count). The number of nitro groups is 1. The zero-order chi connectivity index (χ0) is 15.4. The molecule has 8 heteroatoms. The molecule has 0 aliphatic carbocycles. The SMILES string of the molecule is CC(C(=O)O)C(C)C(=O)Nc1c(F)cccc1[N+](=O)[O-]. The van der Waals surface area contributed by atoms with Gasteiger partial charge in [0.15, 0.2) is 11.5 Å². The first-order valence-corrected chi connectivity index (χ1v) is 5.72. The van der Waals surface area contributed by atoms with Gasteiger partial charge in [-0.05, 0) is 6.07 Å². The molecule has 0 saturated heterocycles. The van der Waals surface area contributed by atoms with Gasteiger partial charge in [0.25, 0.3) is 5.69 Å². The van der Waals surface area contributed by atoms with Gasteiger partial charge >= 0.3 is 5.97 Å². The molecule has 0 aliphatic rings. The summed E-state index contributed by atoms with van der Waals surface area (Å²) in [5.74, 6) is -4.90. The van der Waals surface area contributed by atoms with Crippen LogP contribution >= 0.6 is 0 Å². The number of rotatable bonds is 5. The molecule has 0 bridgehead atoms. The van der Waals surface area contributed by atoms with E-state index in [9.17, 15) is 24.1 Å². The van der Waals surface area contributed by atoms with Gasteiger partial charge in [0.05, 0.1) is 10.8 Å².